The highest BCUT2D eigenvalue weighted by Crippen LogP contribution is 2.22. The van der Waals surface area contributed by atoms with Gasteiger partial charge >= 0.3 is 11.6 Å². The molecular weight excluding hydrogens is 334 g/mol. The van der Waals surface area contributed by atoms with E-state index < -0.39 is 5.63 Å². The highest BCUT2D eigenvalue weighted by molar-refractivity contribution is 5.87. The summed E-state index contributed by atoms with van der Waals surface area (Å²) in [4.78, 5) is 38.2. The van der Waals surface area contributed by atoms with Gasteiger partial charge in [-0.15, -0.1) is 0 Å². The lowest BCUT2D eigenvalue weighted by Gasteiger charge is -2.31. The molecule has 26 heavy (non-hydrogen) atoms. The molecule has 1 aromatic heterocycles. The number of hydrogen-bond acceptors (Lipinski definition) is 5. The van der Waals surface area contributed by atoms with Crippen LogP contribution >= 0.6 is 0 Å². The monoisotopic (exact) mass is 357 g/mol. The first-order chi connectivity index (χ1) is 12.5. The third-order valence-corrected chi connectivity index (χ3v) is 4.72. The number of piperidine rings is 1. The molecule has 1 saturated heterocycles. The maximum absolute atomic E-state index is 12.8. The Morgan fingerprint density at radius 2 is 2.12 bits per heavy atom. The van der Waals surface area contributed by atoms with Crippen molar-refractivity contribution in [1.29, 1.82) is 0 Å². The van der Waals surface area contributed by atoms with Gasteiger partial charge in [0.05, 0.1) is 18.9 Å². The van der Waals surface area contributed by atoms with Gasteiger partial charge in [-0.25, -0.2) is 4.79 Å². The number of esters is 1. The first kappa shape index (κ1) is 18.2. The third kappa shape index (κ3) is 3.95. The van der Waals surface area contributed by atoms with Gasteiger partial charge in [-0.1, -0.05) is 12.1 Å². The van der Waals surface area contributed by atoms with E-state index >= 15 is 0 Å². The average Bonchev–Trinajstić information content (AvgIpc) is 2.61. The van der Waals surface area contributed by atoms with E-state index in [0.29, 0.717) is 30.8 Å². The molecule has 0 spiro atoms. The summed E-state index contributed by atoms with van der Waals surface area (Å²) in [5, 5.41) is 0.766. The maximum Gasteiger partial charge on any atom is 0.336 e. The number of fused-ring (bicyclic) bond motifs is 1. The molecule has 2 heterocycles. The maximum atomic E-state index is 12.8. The van der Waals surface area contributed by atoms with Gasteiger partial charge in [-0.2, -0.15) is 0 Å². The van der Waals surface area contributed by atoms with Gasteiger partial charge in [0.2, 0.25) is 5.91 Å². The minimum atomic E-state index is -0.464. The normalized spacial score (nSPS) is 17.3. The lowest BCUT2D eigenvalue weighted by atomic mass is 9.97. The van der Waals surface area contributed by atoms with Gasteiger partial charge in [0.1, 0.15) is 5.58 Å². The number of likely N-dealkylation sites (tertiary alicyclic amines) is 1. The summed E-state index contributed by atoms with van der Waals surface area (Å²) < 4.78 is 10.3. The zero-order valence-electron chi connectivity index (χ0n) is 15.1. The fourth-order valence-corrected chi connectivity index (χ4v) is 3.41. The molecule has 1 atom stereocenters. The van der Waals surface area contributed by atoms with Crippen LogP contribution in [0, 0.1) is 12.8 Å². The van der Waals surface area contributed by atoms with Crippen molar-refractivity contribution in [2.75, 3.05) is 19.7 Å². The highest BCUT2D eigenvalue weighted by Gasteiger charge is 2.29. The SMILES string of the molecule is CCOC(=O)[C@H]1CCCN(C(=O)Cc2cc(=O)oc3cc(C)ccc23)C1. The number of hydrogen-bond donors (Lipinski definition) is 0. The Morgan fingerprint density at radius 1 is 1.31 bits per heavy atom. The Kier molecular flexibility index (Phi) is 5.40. The van der Waals surface area contributed by atoms with Gasteiger partial charge in [0.15, 0.2) is 0 Å². The van der Waals surface area contributed by atoms with Crippen LogP contribution in [0.25, 0.3) is 11.0 Å². The van der Waals surface area contributed by atoms with E-state index in [2.05, 4.69) is 0 Å². The third-order valence-electron chi connectivity index (χ3n) is 4.72. The van der Waals surface area contributed by atoms with E-state index in [-0.39, 0.29) is 24.2 Å². The standard InChI is InChI=1S/C20H23NO5/c1-3-25-20(24)14-5-4-8-21(12-14)18(22)10-15-11-19(23)26-17-9-13(2)6-7-16(15)17/h6-7,9,11,14H,3-5,8,10,12H2,1-2H3/t14-/m0/s1. The molecule has 1 amide bonds. The largest absolute Gasteiger partial charge is 0.466 e. The lowest BCUT2D eigenvalue weighted by Crippen LogP contribution is -2.43. The van der Waals surface area contributed by atoms with Crippen molar-refractivity contribution >= 4 is 22.8 Å². The molecule has 1 aromatic carbocycles. The Balaban J connectivity index is 1.78. The smallest absolute Gasteiger partial charge is 0.336 e. The molecule has 2 aromatic rings. The summed E-state index contributed by atoms with van der Waals surface area (Å²) in [7, 11) is 0. The van der Waals surface area contributed by atoms with Crippen molar-refractivity contribution in [3.05, 3.63) is 45.8 Å². The molecule has 138 valence electrons. The molecule has 0 bridgehead atoms. The molecular formula is C20H23NO5. The topological polar surface area (TPSA) is 76.8 Å². The van der Waals surface area contributed by atoms with Crippen LogP contribution < -0.4 is 5.63 Å². The predicted octanol–water partition coefficient (Wildman–Crippen LogP) is 2.45. The molecule has 0 aliphatic carbocycles. The number of carbonyl (C=O) groups is 2. The van der Waals surface area contributed by atoms with Crippen LogP contribution in [-0.4, -0.2) is 36.5 Å². The summed E-state index contributed by atoms with van der Waals surface area (Å²) in [5.74, 6) is -0.606. The van der Waals surface area contributed by atoms with Crippen LogP contribution in [-0.2, 0) is 20.7 Å². The number of benzene rings is 1. The van der Waals surface area contributed by atoms with E-state index in [4.69, 9.17) is 9.15 Å². The lowest BCUT2D eigenvalue weighted by molar-refractivity contribution is -0.151. The minimum absolute atomic E-state index is 0.0912. The van der Waals surface area contributed by atoms with Crippen molar-refractivity contribution < 1.29 is 18.7 Å². The van der Waals surface area contributed by atoms with Crippen molar-refractivity contribution in [1.82, 2.24) is 4.90 Å². The summed E-state index contributed by atoms with van der Waals surface area (Å²) >= 11 is 0. The second-order valence-electron chi connectivity index (χ2n) is 6.70. The van der Waals surface area contributed by atoms with Crippen LogP contribution in [0.15, 0.2) is 33.5 Å². The van der Waals surface area contributed by atoms with Crippen molar-refractivity contribution in [2.45, 2.75) is 33.1 Å². The van der Waals surface area contributed by atoms with Gasteiger partial charge in [0.25, 0.3) is 0 Å². The number of ether oxygens (including phenoxy) is 1. The molecule has 1 aliphatic rings. The Morgan fingerprint density at radius 3 is 2.88 bits per heavy atom. The molecule has 0 saturated carbocycles. The molecule has 1 fully saturated rings. The fourth-order valence-electron chi connectivity index (χ4n) is 3.41. The van der Waals surface area contributed by atoms with Crippen molar-refractivity contribution in [3.63, 3.8) is 0 Å². The summed E-state index contributed by atoms with van der Waals surface area (Å²) in [6.45, 7) is 5.02. The number of carbonyl (C=O) groups excluding carboxylic acids is 2. The summed E-state index contributed by atoms with van der Waals surface area (Å²) in [6.07, 6.45) is 1.62. The molecule has 0 unspecified atom stereocenters. The Hall–Kier alpha value is -2.63. The second-order valence-corrected chi connectivity index (χ2v) is 6.70. The fraction of sp³-hybridized carbons (Fsp3) is 0.450. The van der Waals surface area contributed by atoms with E-state index in [1.54, 1.807) is 17.9 Å². The van der Waals surface area contributed by atoms with E-state index in [0.717, 1.165) is 23.8 Å². The van der Waals surface area contributed by atoms with Crippen LogP contribution in [0.3, 0.4) is 0 Å². The minimum Gasteiger partial charge on any atom is -0.466 e. The quantitative estimate of drug-likeness (QED) is 0.620. The van der Waals surface area contributed by atoms with Crippen LogP contribution in [0.4, 0.5) is 0 Å². The molecule has 1 aliphatic heterocycles. The zero-order valence-corrected chi connectivity index (χ0v) is 15.1. The Bertz CT molecular complexity index is 885. The van der Waals surface area contributed by atoms with Crippen molar-refractivity contribution in [3.8, 4) is 0 Å². The predicted molar refractivity (Wildman–Crippen MR) is 96.9 cm³/mol. The molecule has 6 heteroatoms. The van der Waals surface area contributed by atoms with E-state index in [1.165, 1.54) is 6.07 Å². The van der Waals surface area contributed by atoms with E-state index in [1.807, 2.05) is 19.1 Å². The first-order valence-corrected chi connectivity index (χ1v) is 8.95. The van der Waals surface area contributed by atoms with Crippen LogP contribution in [0.2, 0.25) is 0 Å². The van der Waals surface area contributed by atoms with Gasteiger partial charge in [-0.3, -0.25) is 9.59 Å². The number of aryl methyl sites for hydroxylation is 1. The van der Waals surface area contributed by atoms with E-state index in [9.17, 15) is 14.4 Å². The number of nitrogens with zero attached hydrogens (tertiary/aromatic N) is 1. The van der Waals surface area contributed by atoms with Crippen molar-refractivity contribution in [2.24, 2.45) is 5.92 Å². The molecule has 0 N–H and O–H groups in total. The molecule has 3 rings (SSSR count). The molecule has 0 radical (unpaired) electrons. The Labute approximate surface area is 151 Å². The first-order valence-electron chi connectivity index (χ1n) is 8.95. The van der Waals surface area contributed by atoms with Gasteiger partial charge < -0.3 is 14.1 Å². The zero-order chi connectivity index (χ0) is 18.7. The number of amides is 1. The van der Waals surface area contributed by atoms with Gasteiger partial charge in [0, 0.05) is 24.5 Å². The van der Waals surface area contributed by atoms with Gasteiger partial charge in [-0.05, 0) is 43.9 Å². The van der Waals surface area contributed by atoms with Crippen LogP contribution in [0.5, 0.6) is 0 Å². The summed E-state index contributed by atoms with van der Waals surface area (Å²) in [6, 6.07) is 6.96. The number of rotatable bonds is 4. The summed E-state index contributed by atoms with van der Waals surface area (Å²) in [5.41, 5.74) is 1.66. The van der Waals surface area contributed by atoms with Crippen LogP contribution in [0.1, 0.15) is 30.9 Å². The average molecular weight is 357 g/mol. The highest BCUT2D eigenvalue weighted by atomic mass is 16.5. The second kappa shape index (κ2) is 7.72. The molecule has 6 nitrogen and oxygen atoms in total.